The molecule has 2 nitrogen and oxygen atoms in total. The molecule has 1 fully saturated rings. The van der Waals surface area contributed by atoms with Gasteiger partial charge in [-0.3, -0.25) is 0 Å². The van der Waals surface area contributed by atoms with Gasteiger partial charge in [-0.25, -0.2) is 0 Å². The predicted octanol–water partition coefficient (Wildman–Crippen LogP) is 13.0. The molecule has 0 aliphatic heterocycles. The lowest BCUT2D eigenvalue weighted by Gasteiger charge is -2.40. The first kappa shape index (κ1) is 34.3. The van der Waals surface area contributed by atoms with E-state index in [1.165, 1.54) is 88.3 Å². The number of hydrogen-bond donors (Lipinski definition) is 0. The van der Waals surface area contributed by atoms with Crippen molar-refractivity contribution in [3.63, 3.8) is 0 Å². The van der Waals surface area contributed by atoms with Crippen molar-refractivity contribution >= 4 is 22.7 Å². The van der Waals surface area contributed by atoms with Crippen molar-refractivity contribution < 1.29 is 0 Å². The molecule has 2 aliphatic carbocycles. The van der Waals surface area contributed by atoms with E-state index >= 15 is 0 Å². The van der Waals surface area contributed by atoms with Crippen LogP contribution in [0.5, 0.6) is 0 Å². The number of rotatable bonds is 10. The Morgan fingerprint density at radius 1 is 0.673 bits per heavy atom. The number of nitrogens with zero attached hydrogens (tertiary/aromatic N) is 2. The molecule has 2 unspecified atom stereocenters. The molecule has 0 radical (unpaired) electrons. The van der Waals surface area contributed by atoms with Gasteiger partial charge in [0, 0.05) is 34.2 Å². The summed E-state index contributed by atoms with van der Waals surface area (Å²) in [6, 6.07) is 37.5. The molecule has 0 spiro atoms. The van der Waals surface area contributed by atoms with Crippen LogP contribution in [0.3, 0.4) is 0 Å². The van der Waals surface area contributed by atoms with Gasteiger partial charge >= 0.3 is 0 Å². The summed E-state index contributed by atoms with van der Waals surface area (Å²) in [6.07, 6.45) is 21.0. The van der Waals surface area contributed by atoms with Crippen molar-refractivity contribution in [1.82, 2.24) is 0 Å². The van der Waals surface area contributed by atoms with Crippen LogP contribution < -0.4 is 9.80 Å². The summed E-state index contributed by atoms with van der Waals surface area (Å²) in [5, 5.41) is 0. The van der Waals surface area contributed by atoms with Crippen molar-refractivity contribution in [1.29, 1.82) is 0 Å². The lowest BCUT2D eigenvalue weighted by Crippen LogP contribution is -2.40. The van der Waals surface area contributed by atoms with Crippen LogP contribution in [0.1, 0.15) is 88.5 Å². The number of hydrogen-bond acceptors (Lipinski definition) is 2. The van der Waals surface area contributed by atoms with Gasteiger partial charge in [-0.2, -0.15) is 0 Å². The second-order valence-electron chi connectivity index (χ2n) is 14.7. The van der Waals surface area contributed by atoms with Gasteiger partial charge in [0.05, 0.1) is 6.04 Å². The van der Waals surface area contributed by atoms with E-state index in [0.717, 1.165) is 6.42 Å². The van der Waals surface area contributed by atoms with Crippen LogP contribution in [0.4, 0.5) is 22.7 Å². The van der Waals surface area contributed by atoms with Gasteiger partial charge in [0.1, 0.15) is 0 Å². The molecule has 4 aromatic rings. The zero-order chi connectivity index (χ0) is 34.4. The van der Waals surface area contributed by atoms with E-state index in [1.54, 1.807) is 0 Å². The second-order valence-corrected chi connectivity index (χ2v) is 14.7. The minimum absolute atomic E-state index is 0.0233. The molecular weight excluding hydrogens is 593 g/mol. The summed E-state index contributed by atoms with van der Waals surface area (Å²) in [4.78, 5) is 4.97. The minimum atomic E-state index is 0.0233. The third-order valence-corrected chi connectivity index (χ3v) is 10.6. The molecule has 0 saturated heterocycles. The summed E-state index contributed by atoms with van der Waals surface area (Å²) >= 11 is 0. The highest BCUT2D eigenvalue weighted by molar-refractivity contribution is 5.77. The molecule has 2 heteroatoms. The first-order valence-electron chi connectivity index (χ1n) is 18.3. The largest absolute Gasteiger partial charge is 0.359 e. The maximum atomic E-state index is 2.59. The molecule has 2 aliphatic rings. The fourth-order valence-electron chi connectivity index (χ4n) is 7.73. The van der Waals surface area contributed by atoms with E-state index in [4.69, 9.17) is 0 Å². The highest BCUT2D eigenvalue weighted by Gasteiger charge is 2.36. The topological polar surface area (TPSA) is 6.48 Å². The van der Waals surface area contributed by atoms with Crippen LogP contribution in [0, 0.1) is 13.8 Å². The minimum Gasteiger partial charge on any atom is -0.359 e. The van der Waals surface area contributed by atoms with Gasteiger partial charge in [-0.05, 0) is 120 Å². The Balaban J connectivity index is 1.34. The van der Waals surface area contributed by atoms with E-state index in [9.17, 15) is 0 Å². The summed E-state index contributed by atoms with van der Waals surface area (Å²) < 4.78 is 0. The Morgan fingerprint density at radius 2 is 1.16 bits per heavy atom. The van der Waals surface area contributed by atoms with Crippen LogP contribution in [0.15, 0.2) is 145 Å². The Hall–Kier alpha value is -4.56. The SMILES string of the molecule is CC(C)=CCC(C)N(c1ccc(C2(c3ccc(N(c4ccc(C)cc4)c4ccc(C)cc4)cc3)CCCCC2)cc1)C1C=CC=C(C)C=C1. The quantitative estimate of drug-likeness (QED) is 0.158. The maximum absolute atomic E-state index is 2.59. The fourth-order valence-corrected chi connectivity index (χ4v) is 7.73. The monoisotopic (exact) mass is 646 g/mol. The molecule has 252 valence electrons. The van der Waals surface area contributed by atoms with Crippen LogP contribution in [-0.4, -0.2) is 12.1 Å². The van der Waals surface area contributed by atoms with Crippen molar-refractivity contribution in [3.8, 4) is 0 Å². The van der Waals surface area contributed by atoms with Crippen molar-refractivity contribution in [2.24, 2.45) is 0 Å². The lowest BCUT2D eigenvalue weighted by molar-refractivity contribution is 0.346. The number of aryl methyl sites for hydroxylation is 2. The van der Waals surface area contributed by atoms with Crippen molar-refractivity contribution in [2.75, 3.05) is 9.80 Å². The average molecular weight is 647 g/mol. The van der Waals surface area contributed by atoms with E-state index in [1.807, 2.05) is 0 Å². The number of anilines is 4. The van der Waals surface area contributed by atoms with E-state index in [2.05, 4.69) is 185 Å². The Bertz CT molecular complexity index is 1750. The van der Waals surface area contributed by atoms with Gasteiger partial charge in [-0.15, -0.1) is 0 Å². The molecular formula is C47H54N2. The second kappa shape index (κ2) is 15.3. The Kier molecular flexibility index (Phi) is 10.7. The zero-order valence-electron chi connectivity index (χ0n) is 30.5. The van der Waals surface area contributed by atoms with Crippen LogP contribution in [0.25, 0.3) is 0 Å². The first-order chi connectivity index (χ1) is 23.7. The average Bonchev–Trinajstić information content (AvgIpc) is 3.34. The molecule has 0 amide bonds. The highest BCUT2D eigenvalue weighted by atomic mass is 15.2. The van der Waals surface area contributed by atoms with E-state index in [0.29, 0.717) is 6.04 Å². The van der Waals surface area contributed by atoms with Crippen molar-refractivity contribution in [3.05, 3.63) is 167 Å². The Morgan fingerprint density at radius 3 is 1.67 bits per heavy atom. The molecule has 6 rings (SSSR count). The van der Waals surface area contributed by atoms with Gasteiger partial charge in [0.25, 0.3) is 0 Å². The summed E-state index contributed by atoms with van der Waals surface area (Å²) in [5.74, 6) is 0. The third-order valence-electron chi connectivity index (χ3n) is 10.6. The van der Waals surface area contributed by atoms with Crippen LogP contribution >= 0.6 is 0 Å². The normalized spacial score (nSPS) is 17.5. The number of allylic oxidation sites excluding steroid dienone is 5. The van der Waals surface area contributed by atoms with Gasteiger partial charge in [-0.1, -0.05) is 127 Å². The summed E-state index contributed by atoms with van der Waals surface area (Å²) in [7, 11) is 0. The summed E-state index contributed by atoms with van der Waals surface area (Å²) in [6.45, 7) is 13.2. The van der Waals surface area contributed by atoms with Crippen LogP contribution in [0.2, 0.25) is 0 Å². The first-order valence-corrected chi connectivity index (χ1v) is 18.3. The van der Waals surface area contributed by atoms with E-state index < -0.39 is 0 Å². The molecule has 0 heterocycles. The van der Waals surface area contributed by atoms with Crippen LogP contribution in [-0.2, 0) is 5.41 Å². The zero-order valence-corrected chi connectivity index (χ0v) is 30.5. The van der Waals surface area contributed by atoms with Gasteiger partial charge < -0.3 is 9.80 Å². The highest BCUT2D eigenvalue weighted by Crippen LogP contribution is 2.46. The fraction of sp³-hybridized carbons (Fsp3) is 0.319. The Labute approximate surface area is 296 Å². The molecule has 2 atom stereocenters. The van der Waals surface area contributed by atoms with Crippen molar-refractivity contribution in [2.45, 2.75) is 97.6 Å². The van der Waals surface area contributed by atoms with Gasteiger partial charge in [0.15, 0.2) is 0 Å². The molecule has 4 aromatic carbocycles. The molecule has 1 saturated carbocycles. The third kappa shape index (κ3) is 7.86. The maximum Gasteiger partial charge on any atom is 0.0666 e. The standard InChI is InChI=1S/C47H54N2/c1-35(2)13-19-39(6)48(42-12-10-11-36(3)14-24-42)43-29-20-40(21-30-43)47(33-8-7-9-34-47)41-22-31-46(32-23-41)49(44-25-15-37(4)16-26-44)45-27-17-38(5)18-28-45/h10-18,20-32,39,42H,7-9,19,33-34H2,1-6H3. The predicted molar refractivity (Wildman–Crippen MR) is 213 cm³/mol. The van der Waals surface area contributed by atoms with E-state index in [-0.39, 0.29) is 11.5 Å². The lowest BCUT2D eigenvalue weighted by atomic mass is 9.65. The van der Waals surface area contributed by atoms with Gasteiger partial charge in [0.2, 0.25) is 0 Å². The molecule has 0 N–H and O–H groups in total. The smallest absolute Gasteiger partial charge is 0.0666 e. The molecule has 0 bridgehead atoms. The number of benzene rings is 4. The summed E-state index contributed by atoms with van der Waals surface area (Å²) in [5.41, 5.74) is 12.9. The molecule has 0 aromatic heterocycles. The molecule has 49 heavy (non-hydrogen) atoms.